The van der Waals surface area contributed by atoms with Crippen LogP contribution in [-0.4, -0.2) is 43.6 Å². The van der Waals surface area contributed by atoms with E-state index in [1.165, 1.54) is 0 Å². The molecule has 1 amide bonds. The van der Waals surface area contributed by atoms with Crippen LogP contribution < -0.4 is 10.1 Å². The van der Waals surface area contributed by atoms with Crippen LogP contribution in [0.25, 0.3) is 0 Å². The fourth-order valence-corrected chi connectivity index (χ4v) is 3.56. The van der Waals surface area contributed by atoms with Crippen molar-refractivity contribution in [2.45, 2.75) is 26.7 Å². The molecule has 2 aliphatic heterocycles. The third kappa shape index (κ3) is 4.64. The van der Waals surface area contributed by atoms with Crippen molar-refractivity contribution in [2.24, 2.45) is 17.8 Å². The molecule has 3 rings (SSSR count). The predicted octanol–water partition coefficient (Wildman–Crippen LogP) is 3.21. The van der Waals surface area contributed by atoms with E-state index in [1.54, 1.807) is 0 Å². The number of likely N-dealkylation sites (tertiary alicyclic amines) is 1. The number of halogens is 1. The second-order valence-corrected chi connectivity index (χ2v) is 7.28. The van der Waals surface area contributed by atoms with Gasteiger partial charge in [-0.05, 0) is 68.0 Å². The molecule has 1 aromatic rings. The van der Waals surface area contributed by atoms with Crippen LogP contribution in [0.15, 0.2) is 24.3 Å². The van der Waals surface area contributed by atoms with Gasteiger partial charge in [-0.15, -0.1) is 12.4 Å². The Morgan fingerprint density at radius 2 is 1.75 bits per heavy atom. The number of hydrogen-bond acceptors (Lipinski definition) is 3. The molecule has 2 aliphatic rings. The van der Waals surface area contributed by atoms with Crippen LogP contribution in [0.5, 0.6) is 5.75 Å². The van der Waals surface area contributed by atoms with Crippen LogP contribution in [0, 0.1) is 17.8 Å². The minimum atomic E-state index is 0. The number of amides is 1. The quantitative estimate of drug-likeness (QED) is 0.904. The summed E-state index contributed by atoms with van der Waals surface area (Å²) in [5, 5.41) is 3.48. The summed E-state index contributed by atoms with van der Waals surface area (Å²) in [5.41, 5.74) is 0.770. The van der Waals surface area contributed by atoms with E-state index in [0.29, 0.717) is 12.5 Å². The number of fused-ring (bicyclic) bond motifs is 1. The third-order valence-electron chi connectivity index (χ3n) is 4.99. The zero-order valence-electron chi connectivity index (χ0n) is 14.7. The zero-order chi connectivity index (χ0) is 16.2. The van der Waals surface area contributed by atoms with Crippen LogP contribution in [0.2, 0.25) is 0 Å². The smallest absolute Gasteiger partial charge is 0.253 e. The molecule has 2 heterocycles. The van der Waals surface area contributed by atoms with Gasteiger partial charge in [-0.25, -0.2) is 0 Å². The Bertz CT molecular complexity index is 519. The van der Waals surface area contributed by atoms with Crippen molar-refractivity contribution < 1.29 is 9.53 Å². The maximum atomic E-state index is 12.7. The van der Waals surface area contributed by atoms with E-state index in [-0.39, 0.29) is 18.3 Å². The lowest BCUT2D eigenvalue weighted by atomic mass is 9.92. The fraction of sp³-hybridized carbons (Fsp3) is 0.632. The number of hydrogen-bond donors (Lipinski definition) is 1. The molecule has 0 unspecified atom stereocenters. The summed E-state index contributed by atoms with van der Waals surface area (Å²) in [7, 11) is 0. The maximum Gasteiger partial charge on any atom is 0.253 e. The van der Waals surface area contributed by atoms with Gasteiger partial charge in [0.1, 0.15) is 5.75 Å². The summed E-state index contributed by atoms with van der Waals surface area (Å²) in [6.45, 7) is 8.96. The van der Waals surface area contributed by atoms with Crippen molar-refractivity contribution in [1.82, 2.24) is 10.2 Å². The lowest BCUT2D eigenvalue weighted by Gasteiger charge is -2.21. The lowest BCUT2D eigenvalue weighted by Crippen LogP contribution is -2.32. The van der Waals surface area contributed by atoms with Crippen LogP contribution in [0.3, 0.4) is 0 Å². The Balaban J connectivity index is 0.00000208. The van der Waals surface area contributed by atoms with Crippen LogP contribution >= 0.6 is 12.4 Å². The van der Waals surface area contributed by atoms with Gasteiger partial charge in [0.05, 0.1) is 6.61 Å². The number of carbonyl (C=O) groups is 1. The van der Waals surface area contributed by atoms with E-state index >= 15 is 0 Å². The van der Waals surface area contributed by atoms with Gasteiger partial charge in [-0.2, -0.15) is 0 Å². The van der Waals surface area contributed by atoms with Gasteiger partial charge in [-0.3, -0.25) is 4.79 Å². The van der Waals surface area contributed by atoms with Crippen molar-refractivity contribution in [2.75, 3.05) is 32.8 Å². The van der Waals surface area contributed by atoms with E-state index in [9.17, 15) is 4.79 Å². The molecule has 1 aromatic carbocycles. The first-order valence-electron chi connectivity index (χ1n) is 8.86. The molecule has 0 spiro atoms. The summed E-state index contributed by atoms with van der Waals surface area (Å²) in [4.78, 5) is 14.7. The number of nitrogens with one attached hydrogen (secondary N) is 1. The Morgan fingerprint density at radius 3 is 2.29 bits per heavy atom. The van der Waals surface area contributed by atoms with E-state index in [2.05, 4.69) is 19.2 Å². The molecule has 5 heteroatoms. The second kappa shape index (κ2) is 8.72. The molecule has 0 aliphatic carbocycles. The maximum absolute atomic E-state index is 12.7. The molecule has 2 fully saturated rings. The highest BCUT2D eigenvalue weighted by molar-refractivity contribution is 5.94. The van der Waals surface area contributed by atoms with Crippen molar-refractivity contribution in [3.8, 4) is 5.75 Å². The van der Waals surface area contributed by atoms with Gasteiger partial charge in [0.2, 0.25) is 0 Å². The van der Waals surface area contributed by atoms with Crippen molar-refractivity contribution in [3.05, 3.63) is 29.8 Å². The highest BCUT2D eigenvalue weighted by Crippen LogP contribution is 2.27. The Morgan fingerprint density at radius 1 is 1.17 bits per heavy atom. The summed E-state index contributed by atoms with van der Waals surface area (Å²) in [5.74, 6) is 3.00. The van der Waals surface area contributed by atoms with Gasteiger partial charge >= 0.3 is 0 Å². The Labute approximate surface area is 151 Å². The molecule has 2 saturated heterocycles. The highest BCUT2D eigenvalue weighted by Gasteiger charge is 2.31. The van der Waals surface area contributed by atoms with Gasteiger partial charge in [0.15, 0.2) is 0 Å². The molecule has 1 N–H and O–H groups in total. The van der Waals surface area contributed by atoms with Crippen LogP contribution in [0.1, 0.15) is 37.0 Å². The van der Waals surface area contributed by atoms with Crippen LogP contribution in [-0.2, 0) is 0 Å². The van der Waals surface area contributed by atoms with Crippen molar-refractivity contribution in [3.63, 3.8) is 0 Å². The van der Waals surface area contributed by atoms with Crippen LogP contribution in [0.4, 0.5) is 0 Å². The fourth-order valence-electron chi connectivity index (χ4n) is 3.56. The summed E-state index contributed by atoms with van der Waals surface area (Å²) in [6.07, 6.45) is 2.25. The average Bonchev–Trinajstić information content (AvgIpc) is 2.91. The first-order valence-corrected chi connectivity index (χ1v) is 8.86. The SMILES string of the molecule is CC(C)COc1ccc(C(=O)N2CC[C@@H]3CNC[C@@H]3CC2)cc1.Cl. The van der Waals surface area contributed by atoms with E-state index in [0.717, 1.165) is 62.2 Å². The average molecular weight is 353 g/mol. The molecule has 0 radical (unpaired) electrons. The Kier molecular flexibility index (Phi) is 6.93. The van der Waals surface area contributed by atoms with E-state index < -0.39 is 0 Å². The largest absolute Gasteiger partial charge is 0.493 e. The molecule has 0 aromatic heterocycles. The Hall–Kier alpha value is -1.26. The predicted molar refractivity (Wildman–Crippen MR) is 99.0 cm³/mol. The zero-order valence-corrected chi connectivity index (χ0v) is 15.5. The van der Waals surface area contributed by atoms with Crippen molar-refractivity contribution in [1.29, 1.82) is 0 Å². The number of rotatable bonds is 4. The van der Waals surface area contributed by atoms with E-state index in [4.69, 9.17) is 4.74 Å². The molecule has 2 atom stereocenters. The third-order valence-corrected chi connectivity index (χ3v) is 4.99. The standard InChI is InChI=1S/C19H28N2O2.ClH/c1-14(2)13-23-18-5-3-15(4-6-18)19(22)21-9-7-16-11-20-12-17(16)8-10-21;/h3-6,14,16-17,20H,7-13H2,1-2H3;1H/t16-,17+;. The normalized spacial score (nSPS) is 23.4. The molecule has 4 nitrogen and oxygen atoms in total. The van der Waals surface area contributed by atoms with Gasteiger partial charge in [0.25, 0.3) is 5.91 Å². The van der Waals surface area contributed by atoms with Gasteiger partial charge in [-0.1, -0.05) is 13.8 Å². The molecule has 24 heavy (non-hydrogen) atoms. The number of nitrogens with zero attached hydrogens (tertiary/aromatic N) is 1. The topological polar surface area (TPSA) is 41.6 Å². The number of ether oxygens (including phenoxy) is 1. The summed E-state index contributed by atoms with van der Waals surface area (Å²) < 4.78 is 5.69. The van der Waals surface area contributed by atoms with E-state index in [1.807, 2.05) is 29.2 Å². The molecular formula is C19H29ClN2O2. The molecular weight excluding hydrogens is 324 g/mol. The first kappa shape index (κ1) is 19.1. The number of benzene rings is 1. The second-order valence-electron chi connectivity index (χ2n) is 7.28. The molecule has 134 valence electrons. The molecule has 0 bridgehead atoms. The van der Waals surface area contributed by atoms with Gasteiger partial charge < -0.3 is 15.0 Å². The lowest BCUT2D eigenvalue weighted by molar-refractivity contribution is 0.0758. The molecule has 0 saturated carbocycles. The minimum Gasteiger partial charge on any atom is -0.493 e. The van der Waals surface area contributed by atoms with Gasteiger partial charge in [0, 0.05) is 18.7 Å². The first-order chi connectivity index (χ1) is 11.1. The van der Waals surface area contributed by atoms with Crippen molar-refractivity contribution >= 4 is 18.3 Å². The minimum absolute atomic E-state index is 0. The number of carbonyl (C=O) groups excluding carboxylic acids is 1. The summed E-state index contributed by atoms with van der Waals surface area (Å²) in [6, 6.07) is 7.61. The summed E-state index contributed by atoms with van der Waals surface area (Å²) >= 11 is 0. The highest BCUT2D eigenvalue weighted by atomic mass is 35.5. The monoisotopic (exact) mass is 352 g/mol.